The quantitative estimate of drug-likeness (QED) is 0.625. The summed E-state index contributed by atoms with van der Waals surface area (Å²) in [7, 11) is 4.44. The van der Waals surface area contributed by atoms with Crippen molar-refractivity contribution in [2.24, 2.45) is 0 Å². The molecule has 1 aromatic heterocycles. The van der Waals surface area contributed by atoms with Crippen LogP contribution in [0.2, 0.25) is 0 Å². The van der Waals surface area contributed by atoms with Crippen LogP contribution < -0.4 is 24.3 Å². The molecular weight excluding hydrogens is 412 g/mol. The number of benzene rings is 2. The zero-order valence-electron chi connectivity index (χ0n) is 17.9. The Morgan fingerprint density at radius 3 is 2.47 bits per heavy atom. The maximum absolute atomic E-state index is 13.0. The molecule has 8 heteroatoms. The second kappa shape index (κ2) is 8.97. The van der Waals surface area contributed by atoms with Gasteiger partial charge in [0.25, 0.3) is 5.91 Å². The van der Waals surface area contributed by atoms with Crippen molar-refractivity contribution in [2.75, 3.05) is 26.6 Å². The number of ketones is 1. The van der Waals surface area contributed by atoms with Gasteiger partial charge in [-0.05, 0) is 29.8 Å². The maximum Gasteiger partial charge on any atom is 0.255 e. The number of aromatic nitrogens is 1. The molecule has 0 bridgehead atoms. The molecule has 0 aliphatic carbocycles. The summed E-state index contributed by atoms with van der Waals surface area (Å²) in [6.07, 6.45) is 2.73. The molecular formula is C24H22N2O6. The van der Waals surface area contributed by atoms with Crippen molar-refractivity contribution < 1.29 is 28.5 Å². The van der Waals surface area contributed by atoms with E-state index >= 15 is 0 Å². The summed E-state index contributed by atoms with van der Waals surface area (Å²) < 4.78 is 22.3. The van der Waals surface area contributed by atoms with Crippen molar-refractivity contribution in [3.63, 3.8) is 0 Å². The summed E-state index contributed by atoms with van der Waals surface area (Å²) in [5, 5.41) is 2.82. The Hall–Kier alpha value is -4.07. The van der Waals surface area contributed by atoms with Gasteiger partial charge in [-0.2, -0.15) is 0 Å². The van der Waals surface area contributed by atoms with E-state index in [4.69, 9.17) is 18.9 Å². The summed E-state index contributed by atoms with van der Waals surface area (Å²) in [6, 6.07) is 12.0. The summed E-state index contributed by atoms with van der Waals surface area (Å²) in [6.45, 7) is 0. The summed E-state index contributed by atoms with van der Waals surface area (Å²) >= 11 is 0. The molecule has 164 valence electrons. The third kappa shape index (κ3) is 3.94. The number of nitrogens with one attached hydrogen (secondary N) is 1. The molecule has 3 aromatic rings. The molecule has 1 aliphatic rings. The number of fused-ring (bicyclic) bond motifs is 1. The first-order valence-electron chi connectivity index (χ1n) is 9.89. The molecule has 0 spiro atoms. The lowest BCUT2D eigenvalue weighted by atomic mass is 9.94. The van der Waals surface area contributed by atoms with Crippen LogP contribution in [0, 0.1) is 0 Å². The largest absolute Gasteiger partial charge is 0.493 e. The van der Waals surface area contributed by atoms with E-state index in [1.807, 2.05) is 6.07 Å². The third-order valence-electron chi connectivity index (χ3n) is 5.17. The van der Waals surface area contributed by atoms with Gasteiger partial charge in [0.15, 0.2) is 17.3 Å². The van der Waals surface area contributed by atoms with Crippen LogP contribution >= 0.6 is 0 Å². The van der Waals surface area contributed by atoms with Gasteiger partial charge in [0, 0.05) is 29.7 Å². The molecule has 0 radical (unpaired) electrons. The Morgan fingerprint density at radius 1 is 1.03 bits per heavy atom. The predicted molar refractivity (Wildman–Crippen MR) is 117 cm³/mol. The topological polar surface area (TPSA) is 96.0 Å². The second-order valence-corrected chi connectivity index (χ2v) is 7.07. The van der Waals surface area contributed by atoms with Crippen LogP contribution in [0.4, 0.5) is 5.69 Å². The van der Waals surface area contributed by atoms with Crippen LogP contribution in [0.3, 0.4) is 0 Å². The molecule has 1 amide bonds. The van der Waals surface area contributed by atoms with E-state index in [0.29, 0.717) is 39.6 Å². The normalized spacial score (nSPS) is 14.7. The SMILES string of the molecule is COc1cc2c(c(OC)c1OC)C(=O)CC(c1cccc(C(=O)Nc3ccncc3)c1)O2. The third-order valence-corrected chi connectivity index (χ3v) is 5.17. The van der Waals surface area contributed by atoms with Crippen molar-refractivity contribution >= 4 is 17.4 Å². The number of hydrogen-bond acceptors (Lipinski definition) is 7. The number of Topliss-reactive ketones (excluding diaryl/α,β-unsaturated/α-hetero) is 1. The van der Waals surface area contributed by atoms with Gasteiger partial charge in [-0.25, -0.2) is 0 Å². The lowest BCUT2D eigenvalue weighted by Gasteiger charge is -2.28. The Labute approximate surface area is 185 Å². The molecule has 4 rings (SSSR count). The van der Waals surface area contributed by atoms with Gasteiger partial charge >= 0.3 is 0 Å². The number of anilines is 1. The van der Waals surface area contributed by atoms with Gasteiger partial charge in [0.2, 0.25) is 5.75 Å². The lowest BCUT2D eigenvalue weighted by Crippen LogP contribution is -2.22. The molecule has 0 fully saturated rings. The summed E-state index contributed by atoms with van der Waals surface area (Å²) in [5.41, 5.74) is 2.11. The van der Waals surface area contributed by atoms with E-state index in [0.717, 1.165) is 0 Å². The first kappa shape index (κ1) is 21.2. The highest BCUT2D eigenvalue weighted by atomic mass is 16.5. The van der Waals surface area contributed by atoms with Crippen LogP contribution in [-0.4, -0.2) is 38.0 Å². The Morgan fingerprint density at radius 2 is 1.78 bits per heavy atom. The predicted octanol–water partition coefficient (Wildman–Crippen LogP) is 4.07. The molecule has 1 aliphatic heterocycles. The molecule has 0 saturated carbocycles. The van der Waals surface area contributed by atoms with Crippen LogP contribution in [0.5, 0.6) is 23.0 Å². The number of ether oxygens (including phenoxy) is 4. The van der Waals surface area contributed by atoms with E-state index < -0.39 is 6.10 Å². The van der Waals surface area contributed by atoms with Gasteiger partial charge < -0.3 is 24.3 Å². The minimum absolute atomic E-state index is 0.0915. The number of methoxy groups -OCH3 is 3. The number of hydrogen-bond donors (Lipinski definition) is 1. The second-order valence-electron chi connectivity index (χ2n) is 7.07. The van der Waals surface area contributed by atoms with E-state index in [9.17, 15) is 9.59 Å². The number of pyridine rings is 1. The fourth-order valence-electron chi connectivity index (χ4n) is 3.66. The van der Waals surface area contributed by atoms with E-state index in [-0.39, 0.29) is 23.9 Å². The molecule has 1 N–H and O–H groups in total. The molecule has 32 heavy (non-hydrogen) atoms. The minimum Gasteiger partial charge on any atom is -0.493 e. The average molecular weight is 434 g/mol. The van der Waals surface area contributed by atoms with Crippen LogP contribution in [0.1, 0.15) is 38.8 Å². The van der Waals surface area contributed by atoms with Crippen LogP contribution in [-0.2, 0) is 0 Å². The van der Waals surface area contributed by atoms with Gasteiger partial charge in [-0.1, -0.05) is 12.1 Å². The zero-order valence-corrected chi connectivity index (χ0v) is 17.9. The highest BCUT2D eigenvalue weighted by molar-refractivity contribution is 6.05. The summed E-state index contributed by atoms with van der Waals surface area (Å²) in [4.78, 5) is 29.6. The number of carbonyl (C=O) groups excluding carboxylic acids is 2. The Kier molecular flexibility index (Phi) is 5.93. The van der Waals surface area contributed by atoms with Crippen molar-refractivity contribution in [1.29, 1.82) is 0 Å². The maximum atomic E-state index is 13.0. The lowest BCUT2D eigenvalue weighted by molar-refractivity contribution is 0.0842. The molecule has 0 saturated heterocycles. The molecule has 8 nitrogen and oxygen atoms in total. The average Bonchev–Trinajstić information content (AvgIpc) is 2.83. The molecule has 2 aromatic carbocycles. The first-order valence-corrected chi connectivity index (χ1v) is 9.89. The smallest absolute Gasteiger partial charge is 0.255 e. The van der Waals surface area contributed by atoms with Gasteiger partial charge in [0.1, 0.15) is 17.4 Å². The standard InChI is InChI=1S/C24H22N2O6/c1-29-20-13-19-21(23(31-3)22(20)30-2)17(27)12-18(32-19)14-5-4-6-15(11-14)24(28)26-16-7-9-25-10-8-16/h4-11,13,18H,12H2,1-3H3,(H,25,26,28). The number of rotatable bonds is 6. The number of amides is 1. The highest BCUT2D eigenvalue weighted by Crippen LogP contribution is 2.49. The fraction of sp³-hybridized carbons (Fsp3) is 0.208. The zero-order chi connectivity index (χ0) is 22.7. The molecule has 1 atom stereocenters. The van der Waals surface area contributed by atoms with Crippen molar-refractivity contribution in [3.05, 3.63) is 71.5 Å². The van der Waals surface area contributed by atoms with Crippen LogP contribution in [0.25, 0.3) is 0 Å². The fourth-order valence-corrected chi connectivity index (χ4v) is 3.66. The van der Waals surface area contributed by atoms with E-state index in [1.54, 1.807) is 48.8 Å². The van der Waals surface area contributed by atoms with E-state index in [1.165, 1.54) is 21.3 Å². The van der Waals surface area contributed by atoms with E-state index in [2.05, 4.69) is 10.3 Å². The number of carbonyl (C=O) groups is 2. The molecule has 1 unspecified atom stereocenters. The Balaban J connectivity index is 1.64. The van der Waals surface area contributed by atoms with Gasteiger partial charge in [0.05, 0.1) is 27.8 Å². The number of nitrogens with zero attached hydrogens (tertiary/aromatic N) is 1. The van der Waals surface area contributed by atoms with Crippen molar-refractivity contribution in [3.8, 4) is 23.0 Å². The first-order chi connectivity index (χ1) is 15.5. The molecule has 2 heterocycles. The van der Waals surface area contributed by atoms with Crippen molar-refractivity contribution in [2.45, 2.75) is 12.5 Å². The minimum atomic E-state index is -0.563. The summed E-state index contributed by atoms with van der Waals surface area (Å²) in [5.74, 6) is 0.915. The van der Waals surface area contributed by atoms with Crippen LogP contribution in [0.15, 0.2) is 54.9 Å². The Bertz CT molecular complexity index is 1160. The highest BCUT2D eigenvalue weighted by Gasteiger charge is 2.34. The monoisotopic (exact) mass is 434 g/mol. The van der Waals surface area contributed by atoms with Crippen molar-refractivity contribution in [1.82, 2.24) is 4.98 Å². The van der Waals surface area contributed by atoms with Gasteiger partial charge in [-0.3, -0.25) is 14.6 Å². The van der Waals surface area contributed by atoms with Gasteiger partial charge in [-0.15, -0.1) is 0 Å².